The van der Waals surface area contributed by atoms with E-state index in [1.807, 2.05) is 38.1 Å². The topological polar surface area (TPSA) is 93.1 Å². The Balaban J connectivity index is 2.01. The number of aryl methyl sites for hydroxylation is 3. The van der Waals surface area contributed by atoms with Crippen LogP contribution in [0, 0.1) is 13.8 Å². The van der Waals surface area contributed by atoms with Gasteiger partial charge in [-0.15, -0.1) is 11.3 Å². The summed E-state index contributed by atoms with van der Waals surface area (Å²) in [6.45, 7) is 6.39. The smallest absolute Gasteiger partial charge is 0.321 e. The van der Waals surface area contributed by atoms with E-state index >= 15 is 0 Å². The highest BCUT2D eigenvalue weighted by Crippen LogP contribution is 2.29. The van der Waals surface area contributed by atoms with Crippen molar-refractivity contribution in [2.24, 2.45) is 0 Å². The molecule has 0 radical (unpaired) electrons. The number of hydrogen-bond donors (Lipinski definition) is 2. The first-order valence-electron chi connectivity index (χ1n) is 9.56. The van der Waals surface area contributed by atoms with Gasteiger partial charge in [-0.1, -0.05) is 48.5 Å². The summed E-state index contributed by atoms with van der Waals surface area (Å²) >= 11 is 2.66. The number of benzene rings is 1. The average Bonchev–Trinajstić information content (AvgIpc) is 3.05. The molecule has 0 saturated heterocycles. The van der Waals surface area contributed by atoms with Gasteiger partial charge in [0.2, 0.25) is 5.91 Å². The third kappa shape index (κ3) is 4.73. The van der Waals surface area contributed by atoms with E-state index in [1.165, 1.54) is 18.4 Å². The molecule has 3 amide bonds. The van der Waals surface area contributed by atoms with Crippen LogP contribution in [-0.2, 0) is 17.8 Å². The Bertz CT molecular complexity index is 1150. The molecule has 0 fully saturated rings. The Morgan fingerprint density at radius 3 is 2.53 bits per heavy atom. The number of nitrogens with one attached hydrogen (secondary N) is 2. The molecule has 30 heavy (non-hydrogen) atoms. The highest BCUT2D eigenvalue weighted by molar-refractivity contribution is 7.99. The normalized spacial score (nSPS) is 10.9. The summed E-state index contributed by atoms with van der Waals surface area (Å²) in [6.07, 6.45) is 0.835. The predicted octanol–water partition coefficient (Wildman–Crippen LogP) is 3.23. The fourth-order valence-corrected chi connectivity index (χ4v) is 5.02. The van der Waals surface area contributed by atoms with Gasteiger partial charge in [0.05, 0.1) is 17.7 Å². The summed E-state index contributed by atoms with van der Waals surface area (Å²) in [7, 11) is 1.44. The number of urea groups is 1. The molecular formula is C21H24N4O3S2. The first kappa shape index (κ1) is 22.0. The van der Waals surface area contributed by atoms with Gasteiger partial charge in [0.25, 0.3) is 5.56 Å². The molecule has 0 unspecified atom stereocenters. The monoisotopic (exact) mass is 444 g/mol. The number of rotatable bonds is 6. The number of imide groups is 1. The van der Waals surface area contributed by atoms with Crippen LogP contribution in [0.25, 0.3) is 10.2 Å². The van der Waals surface area contributed by atoms with E-state index in [9.17, 15) is 14.4 Å². The van der Waals surface area contributed by atoms with Crippen molar-refractivity contribution >= 4 is 45.3 Å². The van der Waals surface area contributed by atoms with E-state index in [1.54, 1.807) is 4.57 Å². The molecule has 9 heteroatoms. The molecule has 158 valence electrons. The van der Waals surface area contributed by atoms with Gasteiger partial charge in [0, 0.05) is 11.9 Å². The highest BCUT2D eigenvalue weighted by Gasteiger charge is 2.19. The van der Waals surface area contributed by atoms with Gasteiger partial charge in [0.15, 0.2) is 5.16 Å². The number of carbonyl (C=O) groups excluding carboxylic acids is 2. The Morgan fingerprint density at radius 2 is 1.90 bits per heavy atom. The molecule has 1 aromatic carbocycles. The molecule has 0 saturated carbocycles. The number of carbonyl (C=O) groups is 2. The van der Waals surface area contributed by atoms with E-state index in [0.717, 1.165) is 39.8 Å². The van der Waals surface area contributed by atoms with Gasteiger partial charge in [-0.25, -0.2) is 9.78 Å². The maximum absolute atomic E-state index is 13.4. The fourth-order valence-electron chi connectivity index (χ4n) is 3.06. The van der Waals surface area contributed by atoms with Crippen LogP contribution in [0.3, 0.4) is 0 Å². The van der Waals surface area contributed by atoms with E-state index in [2.05, 4.69) is 17.6 Å². The Labute approximate surface area is 182 Å². The largest absolute Gasteiger partial charge is 0.341 e. The van der Waals surface area contributed by atoms with Crippen molar-refractivity contribution in [1.29, 1.82) is 0 Å². The summed E-state index contributed by atoms with van der Waals surface area (Å²) in [5.41, 5.74) is 2.98. The Kier molecular flexibility index (Phi) is 6.94. The summed E-state index contributed by atoms with van der Waals surface area (Å²) in [5.74, 6) is -0.475. The van der Waals surface area contributed by atoms with Gasteiger partial charge < -0.3 is 5.32 Å². The lowest BCUT2D eigenvalue weighted by atomic mass is 10.1. The summed E-state index contributed by atoms with van der Waals surface area (Å²) in [4.78, 5) is 43.3. The lowest BCUT2D eigenvalue weighted by Gasteiger charge is -2.12. The summed E-state index contributed by atoms with van der Waals surface area (Å²) in [6, 6.07) is 7.40. The highest BCUT2D eigenvalue weighted by atomic mass is 32.2. The lowest BCUT2D eigenvalue weighted by Crippen LogP contribution is -2.38. The van der Waals surface area contributed by atoms with Gasteiger partial charge in [-0.05, 0) is 31.4 Å². The van der Waals surface area contributed by atoms with E-state index in [0.29, 0.717) is 21.9 Å². The second-order valence-electron chi connectivity index (χ2n) is 6.87. The Morgan fingerprint density at radius 1 is 1.20 bits per heavy atom. The third-order valence-corrected chi connectivity index (χ3v) is 7.02. The van der Waals surface area contributed by atoms with Crippen LogP contribution in [0.15, 0.2) is 34.2 Å². The number of thiophene rings is 1. The van der Waals surface area contributed by atoms with Crippen LogP contribution >= 0.6 is 23.1 Å². The average molecular weight is 445 g/mol. The first-order chi connectivity index (χ1) is 14.3. The van der Waals surface area contributed by atoms with Crippen molar-refractivity contribution in [3.05, 3.63) is 56.2 Å². The molecule has 0 aliphatic rings. The minimum absolute atomic E-state index is 0.0236. The molecule has 7 nitrogen and oxygen atoms in total. The first-order valence-corrected chi connectivity index (χ1v) is 11.4. The number of fused-ring (bicyclic) bond motifs is 1. The number of thioether (sulfide) groups is 1. The zero-order valence-corrected chi connectivity index (χ0v) is 19.0. The molecule has 2 aromatic heterocycles. The van der Waals surface area contributed by atoms with Gasteiger partial charge in [-0.2, -0.15) is 0 Å². The number of nitrogens with zero attached hydrogens (tertiary/aromatic N) is 2. The number of aromatic nitrogens is 2. The van der Waals surface area contributed by atoms with Crippen molar-refractivity contribution in [2.75, 3.05) is 12.8 Å². The van der Waals surface area contributed by atoms with Crippen LogP contribution in [0.2, 0.25) is 0 Å². The SMILES string of the molecule is CCc1sc2nc(SCC(=O)NC(=O)NC)n(Cc3ccc(C)cc3)c(=O)c2c1C. The molecule has 0 aliphatic carbocycles. The van der Waals surface area contributed by atoms with Crippen molar-refractivity contribution in [1.82, 2.24) is 20.2 Å². The van der Waals surface area contributed by atoms with Gasteiger partial charge in [-0.3, -0.25) is 19.5 Å². The number of amides is 3. The summed E-state index contributed by atoms with van der Waals surface area (Å²) < 4.78 is 1.62. The minimum Gasteiger partial charge on any atom is -0.341 e. The second-order valence-corrected chi connectivity index (χ2v) is 8.90. The van der Waals surface area contributed by atoms with Crippen molar-refractivity contribution in [2.45, 2.75) is 38.9 Å². The summed E-state index contributed by atoms with van der Waals surface area (Å²) in [5, 5.41) is 5.67. The zero-order chi connectivity index (χ0) is 21.8. The van der Waals surface area contributed by atoms with Crippen LogP contribution in [-0.4, -0.2) is 34.3 Å². The minimum atomic E-state index is -0.567. The molecule has 0 spiro atoms. The van der Waals surface area contributed by atoms with E-state index < -0.39 is 11.9 Å². The molecular weight excluding hydrogens is 420 g/mol. The lowest BCUT2D eigenvalue weighted by molar-refractivity contribution is -0.117. The molecule has 2 heterocycles. The molecule has 3 aromatic rings. The van der Waals surface area contributed by atoms with Crippen molar-refractivity contribution in [3.63, 3.8) is 0 Å². The van der Waals surface area contributed by atoms with Crippen LogP contribution in [0.1, 0.15) is 28.5 Å². The molecule has 0 atom stereocenters. The maximum Gasteiger partial charge on any atom is 0.321 e. The zero-order valence-electron chi connectivity index (χ0n) is 17.4. The van der Waals surface area contributed by atoms with Crippen molar-refractivity contribution < 1.29 is 9.59 Å². The third-order valence-electron chi connectivity index (χ3n) is 4.71. The fraction of sp³-hybridized carbons (Fsp3) is 0.333. The standard InChI is InChI=1S/C21H24N4O3S2/c1-5-15-13(3)17-18(30-15)24-21(29-11-16(26)23-20(28)22-4)25(19(17)27)10-14-8-6-12(2)7-9-14/h6-9H,5,10-11H2,1-4H3,(H2,22,23,26,28). The maximum atomic E-state index is 13.4. The van der Waals surface area contributed by atoms with Gasteiger partial charge >= 0.3 is 6.03 Å². The quantitative estimate of drug-likeness (QED) is 0.450. The van der Waals surface area contributed by atoms with E-state index in [4.69, 9.17) is 4.98 Å². The van der Waals surface area contributed by atoms with E-state index in [-0.39, 0.29) is 11.3 Å². The van der Waals surface area contributed by atoms with Crippen molar-refractivity contribution in [3.8, 4) is 0 Å². The Hall–Kier alpha value is -2.65. The molecule has 2 N–H and O–H groups in total. The van der Waals surface area contributed by atoms with Crippen LogP contribution in [0.4, 0.5) is 4.79 Å². The van der Waals surface area contributed by atoms with Crippen LogP contribution in [0.5, 0.6) is 0 Å². The molecule has 0 bridgehead atoms. The molecule has 0 aliphatic heterocycles. The number of hydrogen-bond acceptors (Lipinski definition) is 6. The molecule has 3 rings (SSSR count). The predicted molar refractivity (Wildman–Crippen MR) is 122 cm³/mol. The van der Waals surface area contributed by atoms with Gasteiger partial charge in [0.1, 0.15) is 4.83 Å². The second kappa shape index (κ2) is 9.44. The van der Waals surface area contributed by atoms with Crippen LogP contribution < -0.4 is 16.2 Å².